The lowest BCUT2D eigenvalue weighted by atomic mass is 10.1. The zero-order valence-corrected chi connectivity index (χ0v) is 17.4. The molecule has 1 unspecified atom stereocenters. The number of piperazine rings is 1. The molecule has 1 atom stereocenters. The van der Waals surface area contributed by atoms with Gasteiger partial charge in [0.1, 0.15) is 17.4 Å². The van der Waals surface area contributed by atoms with Crippen LogP contribution in [-0.2, 0) is 11.3 Å². The van der Waals surface area contributed by atoms with Gasteiger partial charge in [0.05, 0.1) is 5.02 Å². The van der Waals surface area contributed by atoms with Crippen LogP contribution in [0.4, 0.5) is 17.6 Å². The lowest BCUT2D eigenvalue weighted by Gasteiger charge is -2.36. The van der Waals surface area contributed by atoms with Gasteiger partial charge in [0.2, 0.25) is 5.91 Å². The minimum atomic E-state index is -3.13. The SMILES string of the molecule is Cc1ccccc1CN1CCN(C(=O)C(C)n2nc(C(F)F)c(Cl)c2C(F)F)CC1. The topological polar surface area (TPSA) is 41.4 Å². The van der Waals surface area contributed by atoms with E-state index in [9.17, 15) is 22.4 Å². The van der Waals surface area contributed by atoms with Crippen molar-refractivity contribution >= 4 is 17.5 Å². The molecule has 1 aromatic carbocycles. The molecule has 0 N–H and O–H groups in total. The Morgan fingerprint density at radius 2 is 1.73 bits per heavy atom. The van der Waals surface area contributed by atoms with Crippen LogP contribution in [0.3, 0.4) is 0 Å². The Balaban J connectivity index is 1.68. The predicted molar refractivity (Wildman–Crippen MR) is 105 cm³/mol. The fraction of sp³-hybridized carbons (Fsp3) is 0.500. The highest BCUT2D eigenvalue weighted by Crippen LogP contribution is 2.36. The molecule has 0 saturated carbocycles. The van der Waals surface area contributed by atoms with Crippen molar-refractivity contribution in [2.75, 3.05) is 26.2 Å². The third-order valence-electron chi connectivity index (χ3n) is 5.39. The zero-order valence-electron chi connectivity index (χ0n) is 16.7. The van der Waals surface area contributed by atoms with Crippen molar-refractivity contribution in [3.05, 3.63) is 51.8 Å². The fourth-order valence-corrected chi connectivity index (χ4v) is 3.89. The molecule has 2 aromatic rings. The maximum absolute atomic E-state index is 13.4. The van der Waals surface area contributed by atoms with E-state index in [1.807, 2.05) is 25.1 Å². The number of benzene rings is 1. The van der Waals surface area contributed by atoms with Crippen LogP contribution in [0, 0.1) is 6.92 Å². The molecule has 3 rings (SSSR count). The van der Waals surface area contributed by atoms with E-state index in [1.54, 1.807) is 4.90 Å². The number of carbonyl (C=O) groups is 1. The standard InChI is InChI=1S/C20H23ClF4N4O/c1-12-5-3-4-6-14(12)11-27-7-9-28(10-8-27)20(30)13(2)29-17(19(24)25)15(21)16(26-29)18(22)23/h3-6,13,18-19H,7-11H2,1-2H3. The Morgan fingerprint density at radius 3 is 2.30 bits per heavy atom. The summed E-state index contributed by atoms with van der Waals surface area (Å²) in [6.07, 6.45) is -6.23. The Labute approximate surface area is 177 Å². The van der Waals surface area contributed by atoms with Crippen molar-refractivity contribution in [3.8, 4) is 0 Å². The van der Waals surface area contributed by atoms with Crippen LogP contribution < -0.4 is 0 Å². The number of carbonyl (C=O) groups excluding carboxylic acids is 1. The summed E-state index contributed by atoms with van der Waals surface area (Å²) >= 11 is 5.69. The normalized spacial score (nSPS) is 16.5. The average molecular weight is 447 g/mol. The molecule has 1 aliphatic heterocycles. The minimum absolute atomic E-state index is 0.412. The molecule has 0 aliphatic carbocycles. The van der Waals surface area contributed by atoms with E-state index in [2.05, 4.69) is 16.1 Å². The number of hydrogen-bond acceptors (Lipinski definition) is 3. The Hall–Kier alpha value is -2.13. The van der Waals surface area contributed by atoms with Crippen molar-refractivity contribution in [2.45, 2.75) is 39.3 Å². The van der Waals surface area contributed by atoms with Gasteiger partial charge in [-0.05, 0) is 25.0 Å². The molecule has 0 radical (unpaired) electrons. The van der Waals surface area contributed by atoms with E-state index in [1.165, 1.54) is 18.1 Å². The summed E-state index contributed by atoms with van der Waals surface area (Å²) in [5.41, 5.74) is 0.605. The van der Waals surface area contributed by atoms with E-state index in [0.717, 1.165) is 6.54 Å². The predicted octanol–water partition coefficient (Wildman–Crippen LogP) is 4.63. The van der Waals surface area contributed by atoms with Gasteiger partial charge in [0.25, 0.3) is 12.9 Å². The third kappa shape index (κ3) is 4.62. The second-order valence-corrected chi connectivity index (χ2v) is 7.71. The van der Waals surface area contributed by atoms with E-state index in [-0.39, 0.29) is 0 Å². The Bertz CT molecular complexity index is 897. The van der Waals surface area contributed by atoms with E-state index in [0.29, 0.717) is 30.9 Å². The van der Waals surface area contributed by atoms with Crippen molar-refractivity contribution in [1.29, 1.82) is 0 Å². The number of nitrogens with zero attached hydrogens (tertiary/aromatic N) is 4. The molecule has 2 heterocycles. The molecule has 10 heteroatoms. The van der Waals surface area contributed by atoms with Crippen LogP contribution in [-0.4, -0.2) is 51.7 Å². The number of hydrogen-bond donors (Lipinski definition) is 0. The number of aryl methyl sites for hydroxylation is 1. The van der Waals surface area contributed by atoms with Crippen molar-refractivity contribution < 1.29 is 22.4 Å². The van der Waals surface area contributed by atoms with Crippen molar-refractivity contribution in [2.24, 2.45) is 0 Å². The molecule has 0 bridgehead atoms. The number of rotatable bonds is 6. The van der Waals surface area contributed by atoms with Gasteiger partial charge in [-0.1, -0.05) is 35.9 Å². The molecule has 0 spiro atoms. The van der Waals surface area contributed by atoms with Gasteiger partial charge in [0.15, 0.2) is 0 Å². The first kappa shape index (κ1) is 22.6. The minimum Gasteiger partial charge on any atom is -0.338 e. The zero-order chi connectivity index (χ0) is 22.0. The molecule has 1 aromatic heterocycles. The number of aromatic nitrogens is 2. The third-order valence-corrected chi connectivity index (χ3v) is 5.78. The summed E-state index contributed by atoms with van der Waals surface area (Å²) in [5, 5.41) is 2.73. The Kier molecular flexibility index (Phi) is 7.02. The van der Waals surface area contributed by atoms with Gasteiger partial charge in [-0.3, -0.25) is 9.69 Å². The molecule has 1 amide bonds. The summed E-state index contributed by atoms with van der Waals surface area (Å²) in [6, 6.07) is 6.89. The molecule has 5 nitrogen and oxygen atoms in total. The van der Waals surface area contributed by atoms with Crippen LogP contribution in [0.1, 0.15) is 48.3 Å². The van der Waals surface area contributed by atoms with Crippen molar-refractivity contribution in [3.63, 3.8) is 0 Å². The highest BCUT2D eigenvalue weighted by atomic mass is 35.5. The summed E-state index contributed by atoms with van der Waals surface area (Å²) in [7, 11) is 0. The Morgan fingerprint density at radius 1 is 1.10 bits per heavy atom. The molecule has 1 aliphatic rings. The monoisotopic (exact) mass is 446 g/mol. The first-order valence-corrected chi connectivity index (χ1v) is 9.98. The first-order valence-electron chi connectivity index (χ1n) is 9.60. The van der Waals surface area contributed by atoms with Gasteiger partial charge in [-0.15, -0.1) is 0 Å². The van der Waals surface area contributed by atoms with E-state index in [4.69, 9.17) is 11.6 Å². The molecular formula is C20H23ClF4N4O. The summed E-state index contributed by atoms with van der Waals surface area (Å²) < 4.78 is 53.5. The van der Waals surface area contributed by atoms with Crippen LogP contribution in [0.2, 0.25) is 5.02 Å². The summed E-state index contributed by atoms with van der Waals surface area (Å²) in [4.78, 5) is 16.6. The highest BCUT2D eigenvalue weighted by molar-refractivity contribution is 6.32. The lowest BCUT2D eigenvalue weighted by molar-refractivity contribution is -0.136. The second-order valence-electron chi connectivity index (χ2n) is 7.33. The van der Waals surface area contributed by atoms with Crippen LogP contribution in [0.25, 0.3) is 0 Å². The van der Waals surface area contributed by atoms with Crippen molar-refractivity contribution in [1.82, 2.24) is 19.6 Å². The largest absolute Gasteiger partial charge is 0.338 e. The molecule has 1 fully saturated rings. The maximum Gasteiger partial charge on any atom is 0.283 e. The number of amides is 1. The smallest absolute Gasteiger partial charge is 0.283 e. The molecule has 164 valence electrons. The molecule has 30 heavy (non-hydrogen) atoms. The van der Waals surface area contributed by atoms with E-state index >= 15 is 0 Å². The second kappa shape index (κ2) is 9.34. The quantitative estimate of drug-likeness (QED) is 0.608. The average Bonchev–Trinajstić information content (AvgIpc) is 3.07. The number of halogens is 5. The molecular weight excluding hydrogens is 424 g/mol. The van der Waals surface area contributed by atoms with Crippen LogP contribution in [0.15, 0.2) is 24.3 Å². The molecule has 1 saturated heterocycles. The van der Waals surface area contributed by atoms with Crippen LogP contribution in [0.5, 0.6) is 0 Å². The number of alkyl halides is 4. The fourth-order valence-electron chi connectivity index (χ4n) is 3.60. The lowest BCUT2D eigenvalue weighted by Crippen LogP contribution is -2.50. The van der Waals surface area contributed by atoms with Crippen LogP contribution >= 0.6 is 11.6 Å². The van der Waals surface area contributed by atoms with E-state index < -0.39 is 41.2 Å². The van der Waals surface area contributed by atoms with Gasteiger partial charge in [0, 0.05) is 32.7 Å². The first-order chi connectivity index (χ1) is 14.2. The highest BCUT2D eigenvalue weighted by Gasteiger charge is 2.34. The maximum atomic E-state index is 13.4. The van der Waals surface area contributed by atoms with Gasteiger partial charge in [-0.2, -0.15) is 5.10 Å². The summed E-state index contributed by atoms with van der Waals surface area (Å²) in [6.45, 7) is 6.23. The summed E-state index contributed by atoms with van der Waals surface area (Å²) in [5.74, 6) is -0.451. The van der Waals surface area contributed by atoms with Gasteiger partial charge >= 0.3 is 0 Å². The van der Waals surface area contributed by atoms with Gasteiger partial charge < -0.3 is 4.90 Å². The van der Waals surface area contributed by atoms with Gasteiger partial charge in [-0.25, -0.2) is 22.2 Å².